The van der Waals surface area contributed by atoms with Crippen molar-refractivity contribution in [3.63, 3.8) is 0 Å². The maximum Gasteiger partial charge on any atom is 0.153 e. The van der Waals surface area contributed by atoms with E-state index in [1.807, 2.05) is 12.1 Å². The fourth-order valence-corrected chi connectivity index (χ4v) is 2.32. The van der Waals surface area contributed by atoms with Crippen molar-refractivity contribution < 1.29 is 4.42 Å². The molecule has 94 valence electrons. The molecule has 0 aliphatic carbocycles. The molecule has 1 aliphatic rings. The zero-order valence-electron chi connectivity index (χ0n) is 8.98. The second-order valence-electron chi connectivity index (χ2n) is 3.83. The Bertz CT molecular complexity index is 497. The molecule has 0 radical (unpaired) electrons. The van der Waals surface area contributed by atoms with E-state index in [0.29, 0.717) is 6.04 Å². The predicted octanol–water partition coefficient (Wildman–Crippen LogP) is 3.86. The lowest BCUT2D eigenvalue weighted by molar-refractivity contribution is 0.470. The van der Waals surface area contributed by atoms with Gasteiger partial charge >= 0.3 is 0 Å². The van der Waals surface area contributed by atoms with Crippen LogP contribution in [0.3, 0.4) is 0 Å². The lowest BCUT2D eigenvalue weighted by Gasteiger charge is -2.04. The number of hydrogen-bond acceptors (Lipinski definition) is 3. The van der Waals surface area contributed by atoms with Crippen molar-refractivity contribution in [1.29, 1.82) is 0 Å². The first-order chi connectivity index (χ1) is 7.33. The maximum absolute atomic E-state index is 5.78. The highest BCUT2D eigenvalue weighted by atomic mass is 79.9. The number of fused-ring (bicyclic) bond motifs is 1. The molecule has 1 aliphatic heterocycles. The molecule has 1 fully saturated rings. The van der Waals surface area contributed by atoms with E-state index in [0.717, 1.165) is 34.3 Å². The molecular formula is C11H13BrCl2N2O. The Morgan fingerprint density at radius 3 is 2.88 bits per heavy atom. The summed E-state index contributed by atoms with van der Waals surface area (Å²) in [4.78, 5) is 4.30. The zero-order valence-corrected chi connectivity index (χ0v) is 12.2. The molecule has 2 aromatic rings. The number of aromatic nitrogens is 1. The maximum atomic E-state index is 5.78. The minimum Gasteiger partial charge on any atom is -0.458 e. The smallest absolute Gasteiger partial charge is 0.153 e. The Morgan fingerprint density at radius 2 is 2.18 bits per heavy atom. The van der Waals surface area contributed by atoms with E-state index in [2.05, 4.69) is 26.2 Å². The van der Waals surface area contributed by atoms with Gasteiger partial charge in [-0.3, -0.25) is 4.98 Å². The van der Waals surface area contributed by atoms with E-state index >= 15 is 0 Å². The lowest BCUT2D eigenvalue weighted by Crippen LogP contribution is -2.11. The van der Waals surface area contributed by atoms with E-state index in [-0.39, 0.29) is 24.8 Å². The molecule has 17 heavy (non-hydrogen) atoms. The molecule has 3 nitrogen and oxygen atoms in total. The van der Waals surface area contributed by atoms with Crippen molar-refractivity contribution in [3.05, 3.63) is 28.6 Å². The summed E-state index contributed by atoms with van der Waals surface area (Å²) in [7, 11) is 0. The highest BCUT2D eigenvalue weighted by Gasteiger charge is 2.20. The minimum absolute atomic E-state index is 0. The van der Waals surface area contributed by atoms with Crippen LogP contribution in [-0.2, 0) is 0 Å². The van der Waals surface area contributed by atoms with E-state index in [9.17, 15) is 0 Å². The zero-order chi connectivity index (χ0) is 10.3. The highest BCUT2D eigenvalue weighted by molar-refractivity contribution is 9.10. The summed E-state index contributed by atoms with van der Waals surface area (Å²) in [5, 5.41) is 3.42. The van der Waals surface area contributed by atoms with Gasteiger partial charge in [0.1, 0.15) is 11.3 Å². The first kappa shape index (κ1) is 14.8. The van der Waals surface area contributed by atoms with Gasteiger partial charge in [-0.2, -0.15) is 0 Å². The van der Waals surface area contributed by atoms with Gasteiger partial charge < -0.3 is 9.73 Å². The first-order valence-electron chi connectivity index (χ1n) is 5.11. The summed E-state index contributed by atoms with van der Waals surface area (Å²) in [6.45, 7) is 1.08. The normalized spacial score (nSPS) is 18.8. The summed E-state index contributed by atoms with van der Waals surface area (Å²) < 4.78 is 6.73. The van der Waals surface area contributed by atoms with Gasteiger partial charge in [0.15, 0.2) is 5.58 Å². The third-order valence-corrected chi connectivity index (χ3v) is 3.19. The van der Waals surface area contributed by atoms with Gasteiger partial charge in [-0.1, -0.05) is 0 Å². The quantitative estimate of drug-likeness (QED) is 0.857. The van der Waals surface area contributed by atoms with Gasteiger partial charge in [-0.25, -0.2) is 0 Å². The molecule has 0 unspecified atom stereocenters. The van der Waals surface area contributed by atoms with Crippen molar-refractivity contribution in [2.24, 2.45) is 0 Å². The van der Waals surface area contributed by atoms with Gasteiger partial charge in [0.25, 0.3) is 0 Å². The lowest BCUT2D eigenvalue weighted by atomic mass is 10.2. The fourth-order valence-electron chi connectivity index (χ4n) is 2.01. The van der Waals surface area contributed by atoms with Crippen molar-refractivity contribution in [1.82, 2.24) is 10.3 Å². The number of nitrogens with zero attached hydrogens (tertiary/aromatic N) is 1. The summed E-state index contributed by atoms with van der Waals surface area (Å²) >= 11 is 3.39. The highest BCUT2D eigenvalue weighted by Crippen LogP contribution is 2.28. The second kappa shape index (κ2) is 6.05. The Labute approximate surface area is 120 Å². The van der Waals surface area contributed by atoms with Gasteiger partial charge in [-0.15, -0.1) is 24.8 Å². The SMILES string of the molecule is Brc1cnc2cc([C@@H]3CCCN3)oc2c1.Cl.Cl. The summed E-state index contributed by atoms with van der Waals surface area (Å²) in [6, 6.07) is 4.36. The topological polar surface area (TPSA) is 38.1 Å². The van der Waals surface area contributed by atoms with Crippen LogP contribution in [0.2, 0.25) is 0 Å². The Hall–Kier alpha value is -0.290. The van der Waals surface area contributed by atoms with Gasteiger partial charge in [-0.05, 0) is 41.4 Å². The molecule has 0 spiro atoms. The van der Waals surface area contributed by atoms with Gasteiger partial charge in [0, 0.05) is 16.7 Å². The van der Waals surface area contributed by atoms with Crippen LogP contribution in [0.5, 0.6) is 0 Å². The third-order valence-electron chi connectivity index (χ3n) is 2.76. The van der Waals surface area contributed by atoms with E-state index in [1.54, 1.807) is 6.20 Å². The number of hydrogen-bond donors (Lipinski definition) is 1. The Balaban J connectivity index is 0.000000722. The monoisotopic (exact) mass is 338 g/mol. The number of rotatable bonds is 1. The Kier molecular flexibility index (Phi) is 5.25. The standard InChI is InChI=1S/C11H11BrN2O.2ClH/c12-7-4-10-9(14-6-7)5-11(15-10)8-2-1-3-13-8;;/h4-6,8,13H,1-3H2;2*1H/t8-;;/m0../s1. The molecule has 0 bridgehead atoms. The molecule has 0 aromatic carbocycles. The third kappa shape index (κ3) is 2.94. The molecule has 3 rings (SSSR count). The number of furan rings is 1. The molecule has 1 atom stereocenters. The molecule has 0 saturated carbocycles. The Morgan fingerprint density at radius 1 is 1.35 bits per heavy atom. The van der Waals surface area contributed by atoms with Crippen LogP contribution in [0.15, 0.2) is 27.2 Å². The van der Waals surface area contributed by atoms with Crippen molar-refractivity contribution in [2.75, 3.05) is 6.54 Å². The van der Waals surface area contributed by atoms with Crippen LogP contribution >= 0.6 is 40.7 Å². The number of pyridine rings is 1. The number of halogens is 3. The second-order valence-corrected chi connectivity index (χ2v) is 4.75. The minimum atomic E-state index is 0. The molecule has 6 heteroatoms. The van der Waals surface area contributed by atoms with E-state index in [4.69, 9.17) is 4.42 Å². The summed E-state index contributed by atoms with van der Waals surface area (Å²) in [5.41, 5.74) is 1.79. The molecule has 0 amide bonds. The molecule has 1 saturated heterocycles. The largest absolute Gasteiger partial charge is 0.458 e. The van der Waals surface area contributed by atoms with Crippen molar-refractivity contribution in [3.8, 4) is 0 Å². The molecule has 1 N–H and O–H groups in total. The average Bonchev–Trinajstić information content (AvgIpc) is 2.84. The average molecular weight is 340 g/mol. The van der Waals surface area contributed by atoms with Gasteiger partial charge in [0.05, 0.1) is 6.04 Å². The van der Waals surface area contributed by atoms with Crippen LogP contribution < -0.4 is 5.32 Å². The number of nitrogens with one attached hydrogen (secondary N) is 1. The fraction of sp³-hybridized carbons (Fsp3) is 0.364. The molecular weight excluding hydrogens is 327 g/mol. The van der Waals surface area contributed by atoms with Crippen LogP contribution in [0.4, 0.5) is 0 Å². The van der Waals surface area contributed by atoms with Crippen LogP contribution in [0, 0.1) is 0 Å². The van der Waals surface area contributed by atoms with E-state index < -0.39 is 0 Å². The molecule has 3 heterocycles. The van der Waals surface area contributed by atoms with Crippen molar-refractivity contribution in [2.45, 2.75) is 18.9 Å². The summed E-state index contributed by atoms with van der Waals surface area (Å²) in [6.07, 6.45) is 4.17. The predicted molar refractivity (Wildman–Crippen MR) is 76.2 cm³/mol. The first-order valence-corrected chi connectivity index (χ1v) is 5.90. The summed E-state index contributed by atoms with van der Waals surface area (Å²) in [5.74, 6) is 1.01. The van der Waals surface area contributed by atoms with Crippen LogP contribution in [-0.4, -0.2) is 11.5 Å². The van der Waals surface area contributed by atoms with Crippen LogP contribution in [0.25, 0.3) is 11.1 Å². The van der Waals surface area contributed by atoms with E-state index in [1.165, 1.54) is 6.42 Å². The molecule has 2 aromatic heterocycles. The van der Waals surface area contributed by atoms with Gasteiger partial charge in [0.2, 0.25) is 0 Å². The van der Waals surface area contributed by atoms with Crippen molar-refractivity contribution >= 4 is 51.8 Å². The van der Waals surface area contributed by atoms with Crippen LogP contribution in [0.1, 0.15) is 24.6 Å².